The molecule has 0 aromatic rings. The van der Waals surface area contributed by atoms with Crippen molar-refractivity contribution in [2.45, 2.75) is 51.6 Å². The van der Waals surface area contributed by atoms with Gasteiger partial charge in [-0.15, -0.1) is 0 Å². The molecule has 6 nitrogen and oxygen atoms in total. The Balaban J connectivity index is 2.55. The van der Waals surface area contributed by atoms with Gasteiger partial charge in [-0.25, -0.2) is 4.79 Å². The van der Waals surface area contributed by atoms with Crippen molar-refractivity contribution >= 4 is 6.09 Å². The van der Waals surface area contributed by atoms with Crippen molar-refractivity contribution in [3.05, 3.63) is 0 Å². The Morgan fingerprint density at radius 3 is 2.68 bits per heavy atom. The SMILES string of the molecule is CCN(CCNC)C(=O)OC[C@@H]1CC[C@@](CC)(CO)N1CC. The number of likely N-dealkylation sites (N-methyl/N-ethyl adjacent to an activating group) is 3. The van der Waals surface area contributed by atoms with E-state index in [1.165, 1.54) is 0 Å². The molecule has 6 heteroatoms. The van der Waals surface area contributed by atoms with Crippen LogP contribution in [0.4, 0.5) is 4.79 Å². The van der Waals surface area contributed by atoms with Crippen LogP contribution in [0.3, 0.4) is 0 Å². The Bertz CT molecular complexity index is 335. The number of hydrogen-bond donors (Lipinski definition) is 2. The van der Waals surface area contributed by atoms with Crippen LogP contribution in [0.1, 0.15) is 40.0 Å². The molecule has 1 rings (SSSR count). The maximum atomic E-state index is 12.1. The molecule has 0 aromatic carbocycles. The lowest BCUT2D eigenvalue weighted by Gasteiger charge is -2.38. The van der Waals surface area contributed by atoms with Crippen LogP contribution in [0.5, 0.6) is 0 Å². The standard InChI is InChI=1S/C16H33N3O3/c1-5-16(13-20)9-8-14(19(16)7-3)12-22-15(21)18(6-2)11-10-17-4/h14,17,20H,5-13H2,1-4H3/t14-,16-/m0/s1. The Hall–Kier alpha value is -0.850. The average molecular weight is 315 g/mol. The van der Waals surface area contributed by atoms with E-state index in [-0.39, 0.29) is 24.3 Å². The number of aliphatic hydroxyl groups is 1. The van der Waals surface area contributed by atoms with Crippen molar-refractivity contribution < 1.29 is 14.6 Å². The molecule has 1 aliphatic heterocycles. The van der Waals surface area contributed by atoms with Gasteiger partial charge >= 0.3 is 6.09 Å². The van der Waals surface area contributed by atoms with Gasteiger partial charge in [0, 0.05) is 31.2 Å². The van der Waals surface area contributed by atoms with Gasteiger partial charge < -0.3 is 20.1 Å². The lowest BCUT2D eigenvalue weighted by Crippen LogP contribution is -2.51. The predicted molar refractivity (Wildman–Crippen MR) is 88.0 cm³/mol. The van der Waals surface area contributed by atoms with Crippen molar-refractivity contribution in [3.63, 3.8) is 0 Å². The van der Waals surface area contributed by atoms with Gasteiger partial charge in [0.25, 0.3) is 0 Å². The highest BCUT2D eigenvalue weighted by atomic mass is 16.6. The summed E-state index contributed by atoms with van der Waals surface area (Å²) < 4.78 is 5.53. The van der Waals surface area contributed by atoms with Gasteiger partial charge in [-0.05, 0) is 39.8 Å². The minimum Gasteiger partial charge on any atom is -0.448 e. The smallest absolute Gasteiger partial charge is 0.409 e. The molecule has 2 atom stereocenters. The lowest BCUT2D eigenvalue weighted by atomic mass is 9.94. The third-order valence-corrected chi connectivity index (χ3v) is 4.96. The minimum atomic E-state index is -0.244. The molecule has 1 saturated heterocycles. The van der Waals surface area contributed by atoms with E-state index < -0.39 is 0 Å². The summed E-state index contributed by atoms with van der Waals surface area (Å²) in [7, 11) is 1.87. The lowest BCUT2D eigenvalue weighted by molar-refractivity contribution is 0.0168. The number of likely N-dealkylation sites (tertiary alicyclic amines) is 1. The van der Waals surface area contributed by atoms with Gasteiger partial charge in [-0.1, -0.05) is 13.8 Å². The maximum absolute atomic E-state index is 12.1. The van der Waals surface area contributed by atoms with Crippen LogP contribution in [0, 0.1) is 0 Å². The summed E-state index contributed by atoms with van der Waals surface area (Å²) in [6, 6.07) is 0.212. The van der Waals surface area contributed by atoms with Crippen molar-refractivity contribution in [3.8, 4) is 0 Å². The summed E-state index contributed by atoms with van der Waals surface area (Å²) in [5.74, 6) is 0. The normalized spacial score (nSPS) is 25.4. The number of carbonyl (C=O) groups excluding carboxylic acids is 1. The first kappa shape index (κ1) is 19.2. The molecule has 0 unspecified atom stereocenters. The van der Waals surface area contributed by atoms with Gasteiger partial charge in [0.2, 0.25) is 0 Å². The summed E-state index contributed by atoms with van der Waals surface area (Å²) >= 11 is 0. The monoisotopic (exact) mass is 315 g/mol. The van der Waals surface area contributed by atoms with E-state index >= 15 is 0 Å². The van der Waals surface area contributed by atoms with Crippen LogP contribution in [-0.2, 0) is 4.74 Å². The quantitative estimate of drug-likeness (QED) is 0.671. The first-order valence-corrected chi connectivity index (χ1v) is 8.52. The molecule has 0 bridgehead atoms. The molecule has 1 amide bonds. The highest BCUT2D eigenvalue weighted by Crippen LogP contribution is 2.36. The molecule has 0 spiro atoms. The zero-order valence-corrected chi connectivity index (χ0v) is 14.6. The number of nitrogens with zero attached hydrogens (tertiary/aromatic N) is 2. The molecule has 0 aliphatic carbocycles. The molecule has 1 aliphatic rings. The first-order valence-electron chi connectivity index (χ1n) is 8.52. The van der Waals surface area contributed by atoms with Crippen LogP contribution in [0.2, 0.25) is 0 Å². The molecule has 2 N–H and O–H groups in total. The fourth-order valence-corrected chi connectivity index (χ4v) is 3.43. The van der Waals surface area contributed by atoms with Crippen LogP contribution < -0.4 is 5.32 Å². The van der Waals surface area contributed by atoms with Gasteiger partial charge in [0.15, 0.2) is 0 Å². The van der Waals surface area contributed by atoms with E-state index in [1.54, 1.807) is 4.90 Å². The fraction of sp³-hybridized carbons (Fsp3) is 0.938. The molecule has 1 heterocycles. The third-order valence-electron chi connectivity index (χ3n) is 4.96. The number of rotatable bonds is 9. The topological polar surface area (TPSA) is 65.0 Å². The highest BCUT2D eigenvalue weighted by Gasteiger charge is 2.44. The number of carbonyl (C=O) groups is 1. The molecule has 0 radical (unpaired) electrons. The average Bonchev–Trinajstić information content (AvgIpc) is 2.91. The molecular formula is C16H33N3O3. The van der Waals surface area contributed by atoms with Gasteiger partial charge in [0.05, 0.1) is 6.61 Å². The fourth-order valence-electron chi connectivity index (χ4n) is 3.43. The van der Waals surface area contributed by atoms with Crippen LogP contribution in [0.25, 0.3) is 0 Å². The van der Waals surface area contributed by atoms with Crippen molar-refractivity contribution in [1.29, 1.82) is 0 Å². The van der Waals surface area contributed by atoms with Gasteiger partial charge in [-0.2, -0.15) is 0 Å². The second kappa shape index (κ2) is 9.33. The van der Waals surface area contributed by atoms with E-state index in [1.807, 2.05) is 14.0 Å². The predicted octanol–water partition coefficient (Wildman–Crippen LogP) is 1.29. The largest absolute Gasteiger partial charge is 0.448 e. The van der Waals surface area contributed by atoms with Crippen molar-refractivity contribution in [2.24, 2.45) is 0 Å². The Morgan fingerprint density at radius 2 is 2.18 bits per heavy atom. The molecule has 1 fully saturated rings. The molecule has 0 saturated carbocycles. The first-order chi connectivity index (χ1) is 10.6. The summed E-state index contributed by atoms with van der Waals surface area (Å²) in [4.78, 5) is 16.2. The zero-order chi connectivity index (χ0) is 16.6. The number of amides is 1. The summed E-state index contributed by atoms with van der Waals surface area (Å²) in [6.07, 6.45) is 2.61. The van der Waals surface area contributed by atoms with Gasteiger partial charge in [-0.3, -0.25) is 4.90 Å². The van der Waals surface area contributed by atoms with Gasteiger partial charge in [0.1, 0.15) is 6.61 Å². The summed E-state index contributed by atoms with van der Waals surface area (Å²) in [6.45, 7) is 9.69. The molecule has 22 heavy (non-hydrogen) atoms. The summed E-state index contributed by atoms with van der Waals surface area (Å²) in [5, 5.41) is 12.8. The second-order valence-electron chi connectivity index (χ2n) is 5.97. The van der Waals surface area contributed by atoms with Crippen LogP contribution >= 0.6 is 0 Å². The number of hydrogen-bond acceptors (Lipinski definition) is 5. The summed E-state index contributed by atoms with van der Waals surface area (Å²) in [5.41, 5.74) is -0.137. The minimum absolute atomic E-state index is 0.137. The van der Waals surface area contributed by atoms with E-state index in [0.29, 0.717) is 19.7 Å². The third kappa shape index (κ3) is 4.33. The Kier molecular flexibility index (Phi) is 8.14. The zero-order valence-electron chi connectivity index (χ0n) is 14.6. The number of aliphatic hydroxyl groups excluding tert-OH is 1. The van der Waals surface area contributed by atoms with Crippen LogP contribution in [-0.4, -0.2) is 79.0 Å². The van der Waals surface area contributed by atoms with Crippen molar-refractivity contribution in [1.82, 2.24) is 15.1 Å². The molecule has 0 aromatic heterocycles. The Morgan fingerprint density at radius 1 is 1.45 bits per heavy atom. The van der Waals surface area contributed by atoms with Crippen molar-refractivity contribution in [2.75, 3.05) is 46.4 Å². The highest BCUT2D eigenvalue weighted by molar-refractivity contribution is 5.67. The van der Waals surface area contributed by atoms with E-state index in [9.17, 15) is 9.90 Å². The molecule has 130 valence electrons. The number of nitrogens with one attached hydrogen (secondary N) is 1. The van der Waals surface area contributed by atoms with E-state index in [0.717, 1.165) is 32.4 Å². The maximum Gasteiger partial charge on any atom is 0.409 e. The van der Waals surface area contributed by atoms with Crippen LogP contribution in [0.15, 0.2) is 0 Å². The second-order valence-corrected chi connectivity index (χ2v) is 5.97. The van der Waals surface area contributed by atoms with E-state index in [4.69, 9.17) is 4.74 Å². The van der Waals surface area contributed by atoms with E-state index in [2.05, 4.69) is 24.1 Å². The molecular weight excluding hydrogens is 282 g/mol. The number of ether oxygens (including phenoxy) is 1. The Labute approximate surface area is 134 Å².